The zero-order valence-electron chi connectivity index (χ0n) is 9.55. The highest BCUT2D eigenvalue weighted by Crippen LogP contribution is 2.14. The zero-order chi connectivity index (χ0) is 12.0. The Labute approximate surface area is 108 Å². The third-order valence-electron chi connectivity index (χ3n) is 1.96. The summed E-state index contributed by atoms with van der Waals surface area (Å²) in [5.74, 6) is 0.580. The minimum Gasteiger partial charge on any atom is -0.497 e. The van der Waals surface area contributed by atoms with E-state index >= 15 is 0 Å². The van der Waals surface area contributed by atoms with E-state index in [-0.39, 0.29) is 31.2 Å². The van der Waals surface area contributed by atoms with Crippen molar-refractivity contribution in [1.82, 2.24) is 4.72 Å². The molecule has 1 rings (SSSR count). The second kappa shape index (κ2) is 7.50. The summed E-state index contributed by atoms with van der Waals surface area (Å²) in [5.41, 5.74) is 5.91. The van der Waals surface area contributed by atoms with Crippen LogP contribution in [0.25, 0.3) is 0 Å². The molecule has 3 N–H and O–H groups in total. The predicted molar refractivity (Wildman–Crippen MR) is 69.9 cm³/mol. The van der Waals surface area contributed by atoms with Crippen molar-refractivity contribution in [3.63, 3.8) is 0 Å². The van der Waals surface area contributed by atoms with Crippen molar-refractivity contribution in [3.05, 3.63) is 29.8 Å². The van der Waals surface area contributed by atoms with E-state index < -0.39 is 10.0 Å². The molecule has 0 amide bonds. The Morgan fingerprint density at radius 3 is 2.71 bits per heavy atom. The van der Waals surface area contributed by atoms with E-state index in [2.05, 4.69) is 4.72 Å². The maximum atomic E-state index is 11.6. The van der Waals surface area contributed by atoms with Crippen LogP contribution < -0.4 is 15.2 Å². The van der Waals surface area contributed by atoms with E-state index in [9.17, 15) is 8.42 Å². The molecule has 0 aromatic heterocycles. The molecule has 0 aliphatic heterocycles. The van der Waals surface area contributed by atoms with Gasteiger partial charge in [-0.05, 0) is 17.7 Å². The van der Waals surface area contributed by atoms with Gasteiger partial charge in [0.1, 0.15) is 5.75 Å². The second-order valence-corrected chi connectivity index (χ2v) is 5.10. The Morgan fingerprint density at radius 1 is 1.41 bits per heavy atom. The van der Waals surface area contributed by atoms with Gasteiger partial charge in [-0.1, -0.05) is 12.1 Å². The van der Waals surface area contributed by atoms with Gasteiger partial charge in [-0.3, -0.25) is 0 Å². The van der Waals surface area contributed by atoms with Crippen molar-refractivity contribution in [1.29, 1.82) is 0 Å². The fraction of sp³-hybridized carbons (Fsp3) is 0.400. The van der Waals surface area contributed by atoms with E-state index in [1.165, 1.54) is 0 Å². The van der Waals surface area contributed by atoms with Gasteiger partial charge in [0.2, 0.25) is 10.0 Å². The lowest BCUT2D eigenvalue weighted by Gasteiger charge is -2.06. The van der Waals surface area contributed by atoms with Gasteiger partial charge in [-0.2, -0.15) is 0 Å². The SMILES string of the molecule is COc1cccc(CS(=O)(=O)NCCN)c1.Cl. The Morgan fingerprint density at radius 2 is 2.12 bits per heavy atom. The summed E-state index contributed by atoms with van der Waals surface area (Å²) in [6.07, 6.45) is 0. The van der Waals surface area contributed by atoms with Gasteiger partial charge in [-0.15, -0.1) is 12.4 Å². The molecule has 0 fully saturated rings. The Hall–Kier alpha value is -0.820. The van der Waals surface area contributed by atoms with Crippen LogP contribution in [0.1, 0.15) is 5.56 Å². The van der Waals surface area contributed by atoms with Gasteiger partial charge in [0.05, 0.1) is 12.9 Å². The lowest BCUT2D eigenvalue weighted by atomic mass is 10.2. The molecule has 17 heavy (non-hydrogen) atoms. The molecule has 0 heterocycles. The van der Waals surface area contributed by atoms with Crippen LogP contribution in [0.3, 0.4) is 0 Å². The van der Waals surface area contributed by atoms with Crippen LogP contribution >= 0.6 is 12.4 Å². The van der Waals surface area contributed by atoms with E-state index in [0.29, 0.717) is 11.3 Å². The van der Waals surface area contributed by atoms with Crippen LogP contribution in [-0.2, 0) is 15.8 Å². The molecule has 1 aromatic carbocycles. The maximum Gasteiger partial charge on any atom is 0.215 e. The first kappa shape index (κ1) is 16.2. The molecule has 7 heteroatoms. The highest BCUT2D eigenvalue weighted by atomic mass is 35.5. The predicted octanol–water partition coefficient (Wildman–Crippen LogP) is 0.495. The number of hydrogen-bond donors (Lipinski definition) is 2. The lowest BCUT2D eigenvalue weighted by Crippen LogP contribution is -2.30. The average Bonchev–Trinajstić information content (AvgIpc) is 2.26. The highest BCUT2D eigenvalue weighted by molar-refractivity contribution is 7.88. The number of ether oxygens (including phenoxy) is 1. The number of nitrogens with two attached hydrogens (primary N) is 1. The molecule has 0 saturated heterocycles. The molecule has 0 aliphatic carbocycles. The smallest absolute Gasteiger partial charge is 0.215 e. The lowest BCUT2D eigenvalue weighted by molar-refractivity contribution is 0.414. The third kappa shape index (κ3) is 5.88. The van der Waals surface area contributed by atoms with E-state index in [0.717, 1.165) is 0 Å². The van der Waals surface area contributed by atoms with Crippen LogP contribution in [-0.4, -0.2) is 28.6 Å². The molecular formula is C10H17ClN2O3S. The number of hydrogen-bond acceptors (Lipinski definition) is 4. The normalized spacial score (nSPS) is 10.7. The molecule has 0 atom stereocenters. The summed E-state index contributed by atoms with van der Waals surface area (Å²) in [6, 6.07) is 6.96. The van der Waals surface area contributed by atoms with Gasteiger partial charge in [-0.25, -0.2) is 13.1 Å². The van der Waals surface area contributed by atoms with Crippen molar-refractivity contribution in [2.75, 3.05) is 20.2 Å². The summed E-state index contributed by atoms with van der Waals surface area (Å²) in [6.45, 7) is 0.545. The topological polar surface area (TPSA) is 81.4 Å². The monoisotopic (exact) mass is 280 g/mol. The number of rotatable bonds is 6. The molecule has 5 nitrogen and oxygen atoms in total. The van der Waals surface area contributed by atoms with Crippen LogP contribution in [0.2, 0.25) is 0 Å². The summed E-state index contributed by atoms with van der Waals surface area (Å²) in [5, 5.41) is 0. The first-order chi connectivity index (χ1) is 7.57. The van der Waals surface area contributed by atoms with Crippen molar-refractivity contribution in [2.45, 2.75) is 5.75 Å². The third-order valence-corrected chi connectivity index (χ3v) is 3.31. The summed E-state index contributed by atoms with van der Waals surface area (Å²) >= 11 is 0. The standard InChI is InChI=1S/C10H16N2O3S.ClH/c1-15-10-4-2-3-9(7-10)8-16(13,14)12-6-5-11;/h2-4,7,12H,5-6,8,11H2,1H3;1H. The maximum absolute atomic E-state index is 11.6. The first-order valence-electron chi connectivity index (χ1n) is 4.88. The van der Waals surface area contributed by atoms with Crippen molar-refractivity contribution in [2.24, 2.45) is 5.73 Å². The van der Waals surface area contributed by atoms with Gasteiger partial charge in [0, 0.05) is 13.1 Å². The minimum atomic E-state index is -3.31. The van der Waals surface area contributed by atoms with E-state index in [1.807, 2.05) is 0 Å². The summed E-state index contributed by atoms with van der Waals surface area (Å²) in [4.78, 5) is 0. The van der Waals surface area contributed by atoms with Crippen LogP contribution in [0.15, 0.2) is 24.3 Å². The average molecular weight is 281 g/mol. The number of halogens is 1. The molecular weight excluding hydrogens is 264 g/mol. The van der Waals surface area contributed by atoms with Gasteiger partial charge in [0.25, 0.3) is 0 Å². The van der Waals surface area contributed by atoms with Crippen LogP contribution in [0.4, 0.5) is 0 Å². The molecule has 0 unspecified atom stereocenters. The van der Waals surface area contributed by atoms with Gasteiger partial charge in [0.15, 0.2) is 0 Å². The Kier molecular flexibility index (Phi) is 7.13. The van der Waals surface area contributed by atoms with Gasteiger partial charge >= 0.3 is 0 Å². The van der Waals surface area contributed by atoms with Crippen molar-refractivity contribution in [3.8, 4) is 5.75 Å². The van der Waals surface area contributed by atoms with E-state index in [1.54, 1.807) is 31.4 Å². The number of nitrogens with one attached hydrogen (secondary N) is 1. The Bertz CT molecular complexity index is 437. The molecule has 0 spiro atoms. The molecule has 0 bridgehead atoms. The summed E-state index contributed by atoms with van der Waals surface area (Å²) < 4.78 is 30.5. The van der Waals surface area contributed by atoms with Crippen LogP contribution in [0, 0.1) is 0 Å². The molecule has 0 saturated carbocycles. The summed E-state index contributed by atoms with van der Waals surface area (Å²) in [7, 11) is -1.77. The minimum absolute atomic E-state index is 0. The first-order valence-corrected chi connectivity index (χ1v) is 6.53. The highest BCUT2D eigenvalue weighted by Gasteiger charge is 2.10. The van der Waals surface area contributed by atoms with Crippen molar-refractivity contribution < 1.29 is 13.2 Å². The molecule has 0 aliphatic rings. The van der Waals surface area contributed by atoms with Crippen LogP contribution in [0.5, 0.6) is 5.75 Å². The fourth-order valence-corrected chi connectivity index (χ4v) is 2.40. The number of methoxy groups -OCH3 is 1. The van der Waals surface area contributed by atoms with Crippen molar-refractivity contribution >= 4 is 22.4 Å². The zero-order valence-corrected chi connectivity index (χ0v) is 11.2. The largest absolute Gasteiger partial charge is 0.497 e. The fourth-order valence-electron chi connectivity index (χ4n) is 1.25. The molecule has 98 valence electrons. The second-order valence-electron chi connectivity index (χ2n) is 3.29. The number of benzene rings is 1. The molecule has 1 aromatic rings. The van der Waals surface area contributed by atoms with E-state index in [4.69, 9.17) is 10.5 Å². The van der Waals surface area contributed by atoms with Gasteiger partial charge < -0.3 is 10.5 Å². The Balaban J connectivity index is 0.00000256. The molecule has 0 radical (unpaired) electrons. The quantitative estimate of drug-likeness (QED) is 0.795. The number of sulfonamides is 1.